The molecule has 162 valence electrons. The second-order valence-corrected chi connectivity index (χ2v) is 7.73. The molecule has 0 spiro atoms. The molecule has 1 N–H and O–H groups in total. The van der Waals surface area contributed by atoms with Crippen molar-refractivity contribution in [3.63, 3.8) is 0 Å². The molecule has 1 aliphatic heterocycles. The molecule has 0 saturated carbocycles. The number of hydrogen-bond donors (Lipinski definition) is 1. The molecule has 1 heterocycles. The molecule has 1 aromatic carbocycles. The molecule has 0 radical (unpaired) electrons. The predicted molar refractivity (Wildman–Crippen MR) is 116 cm³/mol. The molecule has 1 aliphatic rings. The van der Waals surface area contributed by atoms with Crippen LogP contribution in [0.5, 0.6) is 0 Å². The fraction of sp³-hybridized carbons (Fsp3) is 0.619. The summed E-state index contributed by atoms with van der Waals surface area (Å²) in [4.78, 5) is 30.5. The Hall–Kier alpha value is -1.67. The highest BCUT2D eigenvalue weighted by atomic mass is 35.5. The maximum atomic E-state index is 12.5. The third kappa shape index (κ3) is 7.93. The highest BCUT2D eigenvalue weighted by molar-refractivity contribution is 6.33. The van der Waals surface area contributed by atoms with Crippen LogP contribution in [0.15, 0.2) is 24.3 Å². The van der Waals surface area contributed by atoms with Crippen molar-refractivity contribution in [2.24, 2.45) is 0 Å². The van der Waals surface area contributed by atoms with E-state index in [2.05, 4.69) is 29.0 Å². The molecular formula is C21H33ClN4O3. The predicted octanol–water partition coefficient (Wildman–Crippen LogP) is 2.17. The van der Waals surface area contributed by atoms with E-state index in [0.29, 0.717) is 17.3 Å². The smallest absolute Gasteiger partial charge is 0.244 e. The number of carbonyl (C=O) groups excluding carboxylic acids is 2. The van der Waals surface area contributed by atoms with E-state index in [-0.39, 0.29) is 24.5 Å². The lowest BCUT2D eigenvalue weighted by atomic mass is 10.3. The first-order valence-corrected chi connectivity index (χ1v) is 10.6. The van der Waals surface area contributed by atoms with Crippen molar-refractivity contribution < 1.29 is 14.3 Å². The monoisotopic (exact) mass is 424 g/mol. The minimum Gasteiger partial charge on any atom is -0.376 e. The summed E-state index contributed by atoms with van der Waals surface area (Å²) in [7, 11) is 1.64. The van der Waals surface area contributed by atoms with Gasteiger partial charge in [-0.3, -0.25) is 14.5 Å². The van der Waals surface area contributed by atoms with Gasteiger partial charge >= 0.3 is 0 Å². The van der Waals surface area contributed by atoms with Gasteiger partial charge in [-0.05, 0) is 31.6 Å². The van der Waals surface area contributed by atoms with Crippen LogP contribution in [0.2, 0.25) is 5.02 Å². The third-order valence-electron chi connectivity index (χ3n) is 5.20. The molecule has 1 fully saturated rings. The van der Waals surface area contributed by atoms with Crippen molar-refractivity contribution in [3.05, 3.63) is 29.3 Å². The van der Waals surface area contributed by atoms with Crippen molar-refractivity contribution in [2.75, 3.05) is 64.8 Å². The average molecular weight is 425 g/mol. The lowest BCUT2D eigenvalue weighted by Gasteiger charge is -2.22. The Kier molecular flexibility index (Phi) is 9.87. The summed E-state index contributed by atoms with van der Waals surface area (Å²) < 4.78 is 5.97. The number of para-hydroxylation sites is 1. The molecule has 1 unspecified atom stereocenters. The largest absolute Gasteiger partial charge is 0.376 e. The summed E-state index contributed by atoms with van der Waals surface area (Å²) in [6, 6.07) is 7.03. The van der Waals surface area contributed by atoms with Crippen LogP contribution in [0.3, 0.4) is 0 Å². The van der Waals surface area contributed by atoms with E-state index in [0.717, 1.165) is 45.8 Å². The number of anilines is 1. The van der Waals surface area contributed by atoms with Crippen molar-refractivity contribution in [1.82, 2.24) is 14.7 Å². The van der Waals surface area contributed by atoms with Crippen LogP contribution in [-0.4, -0.2) is 92.1 Å². The zero-order valence-corrected chi connectivity index (χ0v) is 18.5. The molecule has 8 heteroatoms. The lowest BCUT2D eigenvalue weighted by molar-refractivity contribution is -0.134. The van der Waals surface area contributed by atoms with Gasteiger partial charge in [-0.1, -0.05) is 37.6 Å². The molecule has 1 saturated heterocycles. The fourth-order valence-electron chi connectivity index (χ4n) is 3.33. The van der Waals surface area contributed by atoms with Crippen LogP contribution >= 0.6 is 11.6 Å². The Balaban J connectivity index is 1.69. The zero-order valence-electron chi connectivity index (χ0n) is 17.7. The summed E-state index contributed by atoms with van der Waals surface area (Å²) in [5, 5.41) is 3.21. The number of carbonyl (C=O) groups is 2. The molecule has 29 heavy (non-hydrogen) atoms. The van der Waals surface area contributed by atoms with Crippen molar-refractivity contribution >= 4 is 29.1 Å². The summed E-state index contributed by atoms with van der Waals surface area (Å²) in [5.74, 6) is -0.351. The SMILES string of the molecule is CCN(CC)CCOC1CCN(CC(=O)N(C)CC(=O)Nc2ccccc2Cl)C1. The molecule has 0 bridgehead atoms. The number of halogens is 1. The highest BCUT2D eigenvalue weighted by Crippen LogP contribution is 2.20. The van der Waals surface area contributed by atoms with Crippen molar-refractivity contribution in [2.45, 2.75) is 26.4 Å². The van der Waals surface area contributed by atoms with Crippen LogP contribution in [0.1, 0.15) is 20.3 Å². The maximum Gasteiger partial charge on any atom is 0.244 e. The number of nitrogens with zero attached hydrogens (tertiary/aromatic N) is 3. The number of amides is 2. The third-order valence-corrected chi connectivity index (χ3v) is 5.53. The van der Waals surface area contributed by atoms with Crippen LogP contribution in [0.25, 0.3) is 0 Å². The van der Waals surface area contributed by atoms with Gasteiger partial charge in [-0.25, -0.2) is 0 Å². The molecule has 0 aromatic heterocycles. The van der Waals surface area contributed by atoms with Gasteiger partial charge in [0.25, 0.3) is 0 Å². The maximum absolute atomic E-state index is 12.5. The van der Waals surface area contributed by atoms with Gasteiger partial charge in [0.1, 0.15) is 0 Å². The number of ether oxygens (including phenoxy) is 1. The first-order chi connectivity index (χ1) is 13.9. The Morgan fingerprint density at radius 3 is 2.69 bits per heavy atom. The molecule has 7 nitrogen and oxygen atoms in total. The Bertz CT molecular complexity index is 669. The van der Waals surface area contributed by atoms with E-state index < -0.39 is 0 Å². The van der Waals surface area contributed by atoms with E-state index in [1.807, 2.05) is 0 Å². The minimum atomic E-state index is -0.270. The van der Waals surface area contributed by atoms with E-state index in [1.54, 1.807) is 31.3 Å². The molecule has 0 aliphatic carbocycles. The summed E-state index contributed by atoms with van der Waals surface area (Å²) in [6.45, 7) is 9.89. The lowest BCUT2D eigenvalue weighted by Crippen LogP contribution is -2.41. The Labute approximate surface area is 178 Å². The van der Waals surface area contributed by atoms with Crippen LogP contribution in [-0.2, 0) is 14.3 Å². The van der Waals surface area contributed by atoms with Gasteiger partial charge in [0.15, 0.2) is 0 Å². The normalized spacial score (nSPS) is 16.9. The van der Waals surface area contributed by atoms with Gasteiger partial charge < -0.3 is 19.9 Å². The van der Waals surface area contributed by atoms with Crippen LogP contribution in [0, 0.1) is 0 Å². The number of nitrogens with one attached hydrogen (secondary N) is 1. The molecule has 1 aromatic rings. The van der Waals surface area contributed by atoms with Gasteiger partial charge in [0, 0.05) is 26.7 Å². The van der Waals surface area contributed by atoms with E-state index in [1.165, 1.54) is 4.90 Å². The number of rotatable bonds is 11. The van der Waals surface area contributed by atoms with Crippen molar-refractivity contribution in [3.8, 4) is 0 Å². The molecule has 2 rings (SSSR count). The van der Waals surface area contributed by atoms with Gasteiger partial charge in [0.05, 0.1) is 36.5 Å². The standard InChI is InChI=1S/C21H33ClN4O3/c1-4-25(5-2)12-13-29-17-10-11-26(14-17)16-21(28)24(3)15-20(27)23-19-9-7-6-8-18(19)22/h6-9,17H,4-5,10-16H2,1-3H3,(H,23,27). The first-order valence-electron chi connectivity index (χ1n) is 10.3. The first kappa shape index (κ1) is 23.6. The quantitative estimate of drug-likeness (QED) is 0.589. The zero-order chi connectivity index (χ0) is 21.2. The van der Waals surface area contributed by atoms with Gasteiger partial charge in [-0.15, -0.1) is 0 Å². The highest BCUT2D eigenvalue weighted by Gasteiger charge is 2.26. The Morgan fingerprint density at radius 2 is 2.00 bits per heavy atom. The van der Waals surface area contributed by atoms with E-state index in [4.69, 9.17) is 16.3 Å². The summed E-state index contributed by atoms with van der Waals surface area (Å²) in [5.41, 5.74) is 0.546. The number of likely N-dealkylation sites (N-methyl/N-ethyl adjacent to an activating group) is 2. The molecule has 2 amide bonds. The fourth-order valence-corrected chi connectivity index (χ4v) is 3.52. The van der Waals surface area contributed by atoms with Crippen molar-refractivity contribution in [1.29, 1.82) is 0 Å². The topological polar surface area (TPSA) is 65.1 Å². The second kappa shape index (κ2) is 12.1. The van der Waals surface area contributed by atoms with Gasteiger partial charge in [0.2, 0.25) is 11.8 Å². The van der Waals surface area contributed by atoms with Crippen LogP contribution in [0.4, 0.5) is 5.69 Å². The second-order valence-electron chi connectivity index (χ2n) is 7.32. The Morgan fingerprint density at radius 1 is 1.28 bits per heavy atom. The molecular weight excluding hydrogens is 392 g/mol. The summed E-state index contributed by atoms with van der Waals surface area (Å²) >= 11 is 6.05. The number of hydrogen-bond acceptors (Lipinski definition) is 5. The van der Waals surface area contributed by atoms with Gasteiger partial charge in [-0.2, -0.15) is 0 Å². The molecule has 1 atom stereocenters. The van der Waals surface area contributed by atoms with E-state index >= 15 is 0 Å². The minimum absolute atomic E-state index is 0.0122. The number of benzene rings is 1. The van der Waals surface area contributed by atoms with E-state index in [9.17, 15) is 9.59 Å². The van der Waals surface area contributed by atoms with Crippen LogP contribution < -0.4 is 5.32 Å². The number of likely N-dealkylation sites (tertiary alicyclic amines) is 1. The average Bonchev–Trinajstić information content (AvgIpc) is 3.14. The summed E-state index contributed by atoms with van der Waals surface area (Å²) in [6.07, 6.45) is 1.11.